The van der Waals surface area contributed by atoms with Gasteiger partial charge in [-0.2, -0.15) is 0 Å². The first-order chi connectivity index (χ1) is 16.3. The summed E-state index contributed by atoms with van der Waals surface area (Å²) < 4.78 is 0.261. The Morgan fingerprint density at radius 1 is 0.529 bits per heavy atom. The molecule has 0 aliphatic carbocycles. The number of nitrogens with zero attached hydrogens (tertiary/aromatic N) is 1. The van der Waals surface area contributed by atoms with E-state index in [0.717, 1.165) is 19.3 Å². The van der Waals surface area contributed by atoms with Gasteiger partial charge in [0.2, 0.25) is 0 Å². The van der Waals surface area contributed by atoms with E-state index in [0.29, 0.717) is 6.54 Å². The number of hydrogen-bond donors (Lipinski definition) is 3. The fourth-order valence-electron chi connectivity index (χ4n) is 4.36. The van der Waals surface area contributed by atoms with Gasteiger partial charge < -0.3 is 19.8 Å². The van der Waals surface area contributed by atoms with Crippen molar-refractivity contribution in [3.8, 4) is 0 Å². The minimum Gasteiger partial charge on any atom is -0.481 e. The van der Waals surface area contributed by atoms with Gasteiger partial charge in [0.25, 0.3) is 0 Å². The van der Waals surface area contributed by atoms with Gasteiger partial charge in [-0.1, -0.05) is 70.4 Å². The van der Waals surface area contributed by atoms with Crippen LogP contribution in [0.3, 0.4) is 0 Å². The lowest BCUT2D eigenvalue weighted by molar-refractivity contribution is -0.927. The zero-order chi connectivity index (χ0) is 25.5. The second kappa shape index (κ2) is 21.6. The van der Waals surface area contributed by atoms with Gasteiger partial charge in [-0.05, 0) is 38.5 Å². The van der Waals surface area contributed by atoms with E-state index in [1.54, 1.807) is 0 Å². The number of aliphatic carboxylic acids is 3. The van der Waals surface area contributed by atoms with Gasteiger partial charge in [-0.15, -0.1) is 0 Å². The summed E-state index contributed by atoms with van der Waals surface area (Å²) in [4.78, 5) is 33.3. The summed E-state index contributed by atoms with van der Waals surface area (Å²) in [6, 6.07) is 0. The molecule has 0 unspecified atom stereocenters. The Morgan fingerprint density at radius 3 is 1.26 bits per heavy atom. The molecule has 0 bridgehead atoms. The Bertz CT molecular complexity index is 530. The second-order valence-corrected chi connectivity index (χ2v) is 9.61. The van der Waals surface area contributed by atoms with Crippen LogP contribution < -0.4 is 0 Å². The topological polar surface area (TPSA) is 112 Å². The molecule has 0 saturated carbocycles. The molecule has 0 aliphatic rings. The number of quaternary nitrogens is 1. The van der Waals surface area contributed by atoms with Gasteiger partial charge >= 0.3 is 17.9 Å². The Kier molecular flexibility index (Phi) is 20.4. The molecule has 3 N–H and O–H groups in total. The summed E-state index contributed by atoms with van der Waals surface area (Å²) in [5.74, 6) is -2.80. The summed E-state index contributed by atoms with van der Waals surface area (Å²) in [5.41, 5.74) is 0. The summed E-state index contributed by atoms with van der Waals surface area (Å²) >= 11 is 0. The first kappa shape index (κ1) is 32.1. The summed E-state index contributed by atoms with van der Waals surface area (Å²) in [7, 11) is 0. The Hall–Kier alpha value is -1.89. The van der Waals surface area contributed by atoms with Crippen molar-refractivity contribution >= 4 is 17.9 Å². The lowest BCUT2D eigenvalue weighted by Crippen LogP contribution is -2.52. The number of allylic oxidation sites excluding steroid dienone is 2. The largest absolute Gasteiger partial charge is 0.481 e. The van der Waals surface area contributed by atoms with Gasteiger partial charge in [-0.25, -0.2) is 0 Å². The van der Waals surface area contributed by atoms with Crippen LogP contribution in [0.5, 0.6) is 0 Å². The summed E-state index contributed by atoms with van der Waals surface area (Å²) in [6.45, 7) is 3.72. The highest BCUT2D eigenvalue weighted by Crippen LogP contribution is 2.17. The molecule has 0 aromatic carbocycles. The molecular weight excluding hydrogens is 434 g/mol. The third-order valence-corrected chi connectivity index (χ3v) is 6.54. The molecule has 0 radical (unpaired) electrons. The monoisotopic (exact) mass is 484 g/mol. The normalized spacial score (nSPS) is 11.8. The Labute approximate surface area is 206 Å². The smallest absolute Gasteiger partial charge is 0.309 e. The van der Waals surface area contributed by atoms with Crippen LogP contribution in [0.25, 0.3) is 0 Å². The van der Waals surface area contributed by atoms with Crippen LogP contribution in [-0.4, -0.2) is 63.9 Å². The van der Waals surface area contributed by atoms with E-state index in [1.165, 1.54) is 70.6 Å². The second-order valence-electron chi connectivity index (χ2n) is 9.61. The Morgan fingerprint density at radius 2 is 0.882 bits per heavy atom. The van der Waals surface area contributed by atoms with Crippen molar-refractivity contribution in [2.24, 2.45) is 0 Å². The molecule has 198 valence electrons. The summed E-state index contributed by atoms with van der Waals surface area (Å²) in [6.07, 6.45) is 21.2. The summed E-state index contributed by atoms with van der Waals surface area (Å²) in [5, 5.41) is 27.3. The quantitative estimate of drug-likeness (QED) is 0.0800. The number of carboxylic acids is 3. The van der Waals surface area contributed by atoms with E-state index in [9.17, 15) is 14.4 Å². The number of carboxylic acid groups (broad SMARTS) is 3. The molecule has 7 nitrogen and oxygen atoms in total. The molecule has 0 saturated heterocycles. The van der Waals surface area contributed by atoms with Crippen molar-refractivity contribution in [1.29, 1.82) is 0 Å². The minimum absolute atomic E-state index is 0.0761. The number of hydrogen-bond acceptors (Lipinski definition) is 3. The standard InChI is InChI=1S/C27H49NO6/c1-2-3-4-5-6-7-8-9-10-11-12-13-14-15-16-17-21-28(22-18-25(29)30,23-19-26(31)32)24-20-27(33)34/h7-8H,2-6,9-24H2,1H3,(H2-,29,30,31,32,33,34)/p+1/b8-7+. The van der Waals surface area contributed by atoms with Crippen LogP contribution >= 0.6 is 0 Å². The maximum atomic E-state index is 11.1. The highest BCUT2D eigenvalue weighted by atomic mass is 16.4. The van der Waals surface area contributed by atoms with Gasteiger partial charge in [0.1, 0.15) is 0 Å². The molecular formula is C27H50NO6+. The predicted octanol–water partition coefficient (Wildman–Crippen LogP) is 6.26. The van der Waals surface area contributed by atoms with E-state index < -0.39 is 17.9 Å². The zero-order valence-corrected chi connectivity index (χ0v) is 21.5. The lowest BCUT2D eigenvalue weighted by Gasteiger charge is -2.38. The van der Waals surface area contributed by atoms with Crippen LogP contribution in [0.2, 0.25) is 0 Å². The molecule has 0 aromatic rings. The van der Waals surface area contributed by atoms with Crippen LogP contribution in [0.1, 0.15) is 116 Å². The fraction of sp³-hybridized carbons (Fsp3) is 0.815. The molecule has 0 amide bonds. The SMILES string of the molecule is CCCCCC/C=C/CCCCCCCCCC[N+](CCC(=O)O)(CCC(=O)O)CCC(=O)O. The van der Waals surface area contributed by atoms with Crippen molar-refractivity contribution in [3.05, 3.63) is 12.2 Å². The zero-order valence-electron chi connectivity index (χ0n) is 21.5. The van der Waals surface area contributed by atoms with Crippen molar-refractivity contribution in [2.45, 2.75) is 116 Å². The Balaban J connectivity index is 4.11. The van der Waals surface area contributed by atoms with E-state index in [-0.39, 0.29) is 43.4 Å². The number of carbonyl (C=O) groups is 3. The van der Waals surface area contributed by atoms with Gasteiger partial charge in [0, 0.05) is 0 Å². The van der Waals surface area contributed by atoms with Gasteiger partial charge in [0.15, 0.2) is 0 Å². The van der Waals surface area contributed by atoms with Crippen molar-refractivity contribution < 1.29 is 34.2 Å². The molecule has 0 aliphatic heterocycles. The van der Waals surface area contributed by atoms with E-state index in [1.807, 2.05) is 0 Å². The van der Waals surface area contributed by atoms with E-state index in [4.69, 9.17) is 15.3 Å². The molecule has 34 heavy (non-hydrogen) atoms. The molecule has 0 spiro atoms. The fourth-order valence-corrected chi connectivity index (χ4v) is 4.36. The lowest BCUT2D eigenvalue weighted by atomic mass is 10.1. The molecule has 0 heterocycles. The average Bonchev–Trinajstić information content (AvgIpc) is 2.79. The maximum absolute atomic E-state index is 11.1. The van der Waals surface area contributed by atoms with Crippen LogP contribution in [0, 0.1) is 0 Å². The maximum Gasteiger partial charge on any atom is 0.309 e. The third-order valence-electron chi connectivity index (χ3n) is 6.54. The van der Waals surface area contributed by atoms with Crippen LogP contribution in [0.4, 0.5) is 0 Å². The highest BCUT2D eigenvalue weighted by molar-refractivity contribution is 5.67. The van der Waals surface area contributed by atoms with Crippen molar-refractivity contribution in [1.82, 2.24) is 0 Å². The number of unbranched alkanes of at least 4 members (excludes halogenated alkanes) is 12. The molecule has 7 heteroatoms. The van der Waals surface area contributed by atoms with E-state index >= 15 is 0 Å². The first-order valence-corrected chi connectivity index (χ1v) is 13.5. The predicted molar refractivity (Wildman–Crippen MR) is 136 cm³/mol. The van der Waals surface area contributed by atoms with Crippen molar-refractivity contribution in [2.75, 3.05) is 26.2 Å². The number of rotatable bonds is 25. The highest BCUT2D eigenvalue weighted by Gasteiger charge is 2.29. The molecule has 0 fully saturated rings. The molecule has 0 rings (SSSR count). The van der Waals surface area contributed by atoms with E-state index in [2.05, 4.69) is 19.1 Å². The van der Waals surface area contributed by atoms with Crippen LogP contribution in [0.15, 0.2) is 12.2 Å². The van der Waals surface area contributed by atoms with Gasteiger partial charge in [0.05, 0.1) is 45.4 Å². The molecule has 0 aromatic heterocycles. The molecule has 0 atom stereocenters. The van der Waals surface area contributed by atoms with Crippen LogP contribution in [-0.2, 0) is 14.4 Å². The van der Waals surface area contributed by atoms with Crippen molar-refractivity contribution in [3.63, 3.8) is 0 Å². The minimum atomic E-state index is -0.935. The van der Waals surface area contributed by atoms with Gasteiger partial charge in [-0.3, -0.25) is 14.4 Å². The third kappa shape index (κ3) is 20.7. The first-order valence-electron chi connectivity index (χ1n) is 13.5. The average molecular weight is 485 g/mol.